The highest BCUT2D eigenvalue weighted by Gasteiger charge is 2.14. The van der Waals surface area contributed by atoms with Crippen molar-refractivity contribution in [3.8, 4) is 17.3 Å². The number of pyridine rings is 1. The smallest absolute Gasteiger partial charge is 0.228 e. The van der Waals surface area contributed by atoms with Crippen LogP contribution in [0.1, 0.15) is 19.4 Å². The van der Waals surface area contributed by atoms with E-state index in [2.05, 4.69) is 31.2 Å². The molecule has 2 heterocycles. The number of amides is 1. The van der Waals surface area contributed by atoms with Gasteiger partial charge < -0.3 is 14.8 Å². The van der Waals surface area contributed by atoms with Gasteiger partial charge in [0.15, 0.2) is 11.5 Å². The van der Waals surface area contributed by atoms with Crippen LogP contribution in [0, 0.1) is 0 Å². The molecule has 0 saturated heterocycles. The van der Waals surface area contributed by atoms with Crippen LogP contribution in [0.15, 0.2) is 53.7 Å². The van der Waals surface area contributed by atoms with Crippen LogP contribution in [0.5, 0.6) is 11.5 Å². The molecule has 1 amide bonds. The molecule has 3 rings (SSSR count). The lowest BCUT2D eigenvalue weighted by Gasteiger charge is -2.14. The van der Waals surface area contributed by atoms with Crippen molar-refractivity contribution < 1.29 is 14.3 Å². The normalized spacial score (nSPS) is 10.5. The molecule has 8 heteroatoms. The Morgan fingerprint density at radius 1 is 1.18 bits per heavy atom. The van der Waals surface area contributed by atoms with E-state index in [1.807, 2.05) is 32.0 Å². The molecule has 0 aliphatic rings. The van der Waals surface area contributed by atoms with Crippen molar-refractivity contribution in [1.29, 1.82) is 0 Å². The number of nitrogens with zero attached hydrogens (tertiary/aromatic N) is 3. The Labute approximate surface area is 171 Å². The van der Waals surface area contributed by atoms with E-state index >= 15 is 0 Å². The number of imidazole rings is 1. The quantitative estimate of drug-likeness (QED) is 0.567. The molecular weight excluding hydrogens is 424 g/mol. The van der Waals surface area contributed by atoms with E-state index in [0.717, 1.165) is 15.9 Å². The largest absolute Gasteiger partial charge is 0.490 e. The predicted molar refractivity (Wildman–Crippen MR) is 110 cm³/mol. The number of benzene rings is 1. The topological polar surface area (TPSA) is 78.3 Å². The minimum atomic E-state index is -0.149. The van der Waals surface area contributed by atoms with Gasteiger partial charge in [-0.1, -0.05) is 15.9 Å². The van der Waals surface area contributed by atoms with Crippen LogP contribution in [-0.4, -0.2) is 33.7 Å². The summed E-state index contributed by atoms with van der Waals surface area (Å²) in [6, 6.07) is 7.29. The number of rotatable bonds is 8. The number of halogens is 1. The molecule has 3 aromatic rings. The minimum absolute atomic E-state index is 0.149. The lowest BCUT2D eigenvalue weighted by molar-refractivity contribution is -0.115. The fourth-order valence-electron chi connectivity index (χ4n) is 2.63. The van der Waals surface area contributed by atoms with Gasteiger partial charge >= 0.3 is 0 Å². The Morgan fingerprint density at radius 2 is 1.93 bits per heavy atom. The van der Waals surface area contributed by atoms with Gasteiger partial charge in [0.2, 0.25) is 5.91 Å². The van der Waals surface area contributed by atoms with Crippen LogP contribution in [0.2, 0.25) is 0 Å². The molecule has 0 atom stereocenters. The number of ether oxygens (including phenoxy) is 2. The summed E-state index contributed by atoms with van der Waals surface area (Å²) in [5.41, 5.74) is 1.44. The second-order valence-corrected chi connectivity index (χ2v) is 6.71. The molecule has 146 valence electrons. The molecule has 0 fully saturated rings. The zero-order valence-electron chi connectivity index (χ0n) is 15.7. The first-order chi connectivity index (χ1) is 13.6. The lowest BCUT2D eigenvalue weighted by Crippen LogP contribution is -2.15. The van der Waals surface area contributed by atoms with Gasteiger partial charge in [0.25, 0.3) is 0 Å². The zero-order chi connectivity index (χ0) is 19.9. The average Bonchev–Trinajstić information content (AvgIpc) is 3.21. The van der Waals surface area contributed by atoms with Crippen molar-refractivity contribution in [1.82, 2.24) is 14.5 Å². The second-order valence-electron chi connectivity index (χ2n) is 5.86. The highest BCUT2D eigenvalue weighted by atomic mass is 79.9. The Balaban J connectivity index is 1.69. The standard InChI is InChI=1S/C20H21BrN4O3/c1-3-27-17-9-14(16(21)11-18(17)28-4-2)10-20(26)24-15-5-6-19(23-12-15)25-8-7-22-13-25/h5-9,11-13H,3-4,10H2,1-2H3,(H,24,26). The maximum absolute atomic E-state index is 12.5. The summed E-state index contributed by atoms with van der Waals surface area (Å²) in [6.07, 6.45) is 6.96. The number of hydrogen-bond donors (Lipinski definition) is 1. The first-order valence-electron chi connectivity index (χ1n) is 8.93. The maximum atomic E-state index is 12.5. The third kappa shape index (κ3) is 4.89. The monoisotopic (exact) mass is 444 g/mol. The number of carbonyl (C=O) groups is 1. The minimum Gasteiger partial charge on any atom is -0.490 e. The molecule has 0 saturated carbocycles. The van der Waals surface area contributed by atoms with Gasteiger partial charge in [-0.05, 0) is 43.7 Å². The van der Waals surface area contributed by atoms with Crippen molar-refractivity contribution >= 4 is 27.5 Å². The summed E-state index contributed by atoms with van der Waals surface area (Å²) in [5.74, 6) is 1.86. The molecule has 0 bridgehead atoms. The van der Waals surface area contributed by atoms with Gasteiger partial charge in [-0.3, -0.25) is 9.36 Å². The Morgan fingerprint density at radius 3 is 2.54 bits per heavy atom. The van der Waals surface area contributed by atoms with Crippen LogP contribution in [-0.2, 0) is 11.2 Å². The molecule has 0 radical (unpaired) electrons. The van der Waals surface area contributed by atoms with Crippen LogP contribution in [0.25, 0.3) is 5.82 Å². The highest BCUT2D eigenvalue weighted by molar-refractivity contribution is 9.10. The first kappa shape index (κ1) is 19.9. The van der Waals surface area contributed by atoms with Gasteiger partial charge in [-0.2, -0.15) is 0 Å². The van der Waals surface area contributed by atoms with Crippen LogP contribution >= 0.6 is 15.9 Å². The molecule has 0 spiro atoms. The Hall–Kier alpha value is -2.87. The van der Waals surface area contributed by atoms with E-state index in [4.69, 9.17) is 9.47 Å². The predicted octanol–water partition coefficient (Wildman–Crippen LogP) is 4.01. The van der Waals surface area contributed by atoms with Crippen molar-refractivity contribution in [2.45, 2.75) is 20.3 Å². The number of hydrogen-bond acceptors (Lipinski definition) is 5. The van der Waals surface area contributed by atoms with Crippen molar-refractivity contribution in [2.24, 2.45) is 0 Å². The molecule has 0 aliphatic heterocycles. The highest BCUT2D eigenvalue weighted by Crippen LogP contribution is 2.34. The molecule has 1 aromatic carbocycles. The molecule has 7 nitrogen and oxygen atoms in total. The zero-order valence-corrected chi connectivity index (χ0v) is 17.3. The van der Waals surface area contributed by atoms with E-state index < -0.39 is 0 Å². The lowest BCUT2D eigenvalue weighted by atomic mass is 10.1. The summed E-state index contributed by atoms with van der Waals surface area (Å²) >= 11 is 3.51. The average molecular weight is 445 g/mol. The van der Waals surface area contributed by atoms with Crippen LogP contribution in [0.3, 0.4) is 0 Å². The second kappa shape index (κ2) is 9.36. The number of anilines is 1. The molecule has 1 N–H and O–H groups in total. The summed E-state index contributed by atoms with van der Waals surface area (Å²) in [6.45, 7) is 4.87. The summed E-state index contributed by atoms with van der Waals surface area (Å²) in [7, 11) is 0. The molecular formula is C20H21BrN4O3. The van der Waals surface area contributed by atoms with Crippen LogP contribution < -0.4 is 14.8 Å². The fraction of sp³-hybridized carbons (Fsp3) is 0.250. The SMILES string of the molecule is CCOc1cc(Br)c(CC(=O)Nc2ccc(-n3ccnc3)nc2)cc1OCC. The Bertz CT molecular complexity index is 927. The fourth-order valence-corrected chi connectivity index (χ4v) is 3.10. The number of nitrogens with one attached hydrogen (secondary N) is 1. The number of aromatic nitrogens is 3. The summed E-state index contributed by atoms with van der Waals surface area (Å²) in [5, 5.41) is 2.86. The maximum Gasteiger partial charge on any atom is 0.228 e. The third-order valence-electron chi connectivity index (χ3n) is 3.86. The summed E-state index contributed by atoms with van der Waals surface area (Å²) in [4.78, 5) is 20.8. The van der Waals surface area contributed by atoms with Gasteiger partial charge in [-0.15, -0.1) is 0 Å². The van der Waals surface area contributed by atoms with Gasteiger partial charge in [0.1, 0.15) is 12.1 Å². The van der Waals surface area contributed by atoms with Gasteiger partial charge in [-0.25, -0.2) is 9.97 Å². The van der Waals surface area contributed by atoms with Crippen molar-refractivity contribution in [3.05, 3.63) is 59.2 Å². The van der Waals surface area contributed by atoms with E-state index in [1.165, 1.54) is 0 Å². The molecule has 2 aromatic heterocycles. The van der Waals surface area contributed by atoms with Gasteiger partial charge in [0, 0.05) is 16.9 Å². The van der Waals surface area contributed by atoms with E-state index in [0.29, 0.717) is 30.4 Å². The van der Waals surface area contributed by atoms with E-state index in [9.17, 15) is 4.79 Å². The Kier molecular flexibility index (Phi) is 6.65. The van der Waals surface area contributed by atoms with E-state index in [-0.39, 0.29) is 12.3 Å². The number of carbonyl (C=O) groups excluding carboxylic acids is 1. The van der Waals surface area contributed by atoms with E-state index in [1.54, 1.807) is 35.6 Å². The van der Waals surface area contributed by atoms with Crippen LogP contribution in [0.4, 0.5) is 5.69 Å². The van der Waals surface area contributed by atoms with Crippen molar-refractivity contribution in [3.63, 3.8) is 0 Å². The summed E-state index contributed by atoms with van der Waals surface area (Å²) < 4.78 is 13.8. The first-order valence-corrected chi connectivity index (χ1v) is 9.72. The van der Waals surface area contributed by atoms with Gasteiger partial charge in [0.05, 0.1) is 31.5 Å². The van der Waals surface area contributed by atoms with Crippen molar-refractivity contribution in [2.75, 3.05) is 18.5 Å². The molecule has 0 aliphatic carbocycles. The molecule has 0 unspecified atom stereocenters. The third-order valence-corrected chi connectivity index (χ3v) is 4.60. The molecule has 28 heavy (non-hydrogen) atoms.